The van der Waals surface area contributed by atoms with E-state index >= 15 is 0 Å². The van der Waals surface area contributed by atoms with Crippen molar-refractivity contribution in [1.29, 1.82) is 0 Å². The third-order valence-corrected chi connectivity index (χ3v) is 3.01. The molecule has 1 aromatic rings. The molecule has 90 valence electrons. The molecule has 2 nitrogen and oxygen atoms in total. The smallest absolute Gasteiger partial charge is 0.00748 e. The fraction of sp³-hybridized carbons (Fsp3) is 0.571. The van der Waals surface area contributed by atoms with Gasteiger partial charge in [-0.2, -0.15) is 0 Å². The minimum Gasteiger partial charge on any atom is -0.329 e. The van der Waals surface area contributed by atoms with Gasteiger partial charge in [0, 0.05) is 25.0 Å². The second-order valence-electron chi connectivity index (χ2n) is 5.17. The zero-order valence-electron chi connectivity index (χ0n) is 10.9. The summed E-state index contributed by atoms with van der Waals surface area (Å²) in [5, 5.41) is 3.40. The molecule has 0 aliphatic carbocycles. The molecule has 0 saturated heterocycles. The van der Waals surface area contributed by atoms with Crippen LogP contribution in [0.15, 0.2) is 18.2 Å². The lowest BCUT2D eigenvalue weighted by Crippen LogP contribution is -2.36. The van der Waals surface area contributed by atoms with Crippen molar-refractivity contribution in [3.05, 3.63) is 34.9 Å². The summed E-state index contributed by atoms with van der Waals surface area (Å²) in [6, 6.07) is 6.66. The highest BCUT2D eigenvalue weighted by Gasteiger charge is 2.21. The van der Waals surface area contributed by atoms with Crippen LogP contribution in [0.3, 0.4) is 0 Å². The first-order valence-corrected chi connectivity index (χ1v) is 5.96. The fourth-order valence-corrected chi connectivity index (χ4v) is 2.06. The van der Waals surface area contributed by atoms with E-state index in [0.29, 0.717) is 6.54 Å². The van der Waals surface area contributed by atoms with Gasteiger partial charge < -0.3 is 11.1 Å². The van der Waals surface area contributed by atoms with Gasteiger partial charge in [-0.25, -0.2) is 0 Å². The molecule has 3 N–H and O–H groups in total. The van der Waals surface area contributed by atoms with Gasteiger partial charge in [-0.1, -0.05) is 37.6 Å². The van der Waals surface area contributed by atoms with Crippen LogP contribution in [0.1, 0.15) is 30.5 Å². The van der Waals surface area contributed by atoms with Gasteiger partial charge >= 0.3 is 0 Å². The highest BCUT2D eigenvalue weighted by Crippen LogP contribution is 2.26. The zero-order valence-corrected chi connectivity index (χ0v) is 10.9. The van der Waals surface area contributed by atoms with E-state index < -0.39 is 0 Å². The van der Waals surface area contributed by atoms with Crippen LogP contribution < -0.4 is 11.1 Å². The number of hydrogen-bond donors (Lipinski definition) is 2. The van der Waals surface area contributed by atoms with E-state index in [9.17, 15) is 0 Å². The average molecular weight is 220 g/mol. The van der Waals surface area contributed by atoms with Crippen LogP contribution in [-0.2, 0) is 5.41 Å². The minimum absolute atomic E-state index is 0.158. The van der Waals surface area contributed by atoms with E-state index in [1.54, 1.807) is 0 Å². The summed E-state index contributed by atoms with van der Waals surface area (Å²) in [7, 11) is 0. The van der Waals surface area contributed by atoms with E-state index in [4.69, 9.17) is 5.73 Å². The Balaban J connectivity index is 2.83. The molecule has 0 bridgehead atoms. The Morgan fingerprint density at radius 2 is 1.94 bits per heavy atom. The molecule has 0 aliphatic rings. The highest BCUT2D eigenvalue weighted by molar-refractivity contribution is 5.36. The second kappa shape index (κ2) is 5.46. The Morgan fingerprint density at radius 3 is 2.56 bits per heavy atom. The van der Waals surface area contributed by atoms with Gasteiger partial charge in [-0.05, 0) is 25.0 Å². The van der Waals surface area contributed by atoms with Crippen LogP contribution in [-0.4, -0.2) is 19.6 Å². The molecule has 0 fully saturated rings. The minimum atomic E-state index is 0.158. The predicted octanol–water partition coefficient (Wildman–Crippen LogP) is 2.13. The Kier molecular flexibility index (Phi) is 4.51. The first kappa shape index (κ1) is 13.2. The molecule has 0 heterocycles. The van der Waals surface area contributed by atoms with Crippen LogP contribution in [0.2, 0.25) is 0 Å². The lowest BCUT2D eigenvalue weighted by atomic mass is 9.81. The van der Waals surface area contributed by atoms with E-state index in [1.165, 1.54) is 16.7 Å². The van der Waals surface area contributed by atoms with E-state index in [-0.39, 0.29) is 5.41 Å². The average Bonchev–Trinajstić information content (AvgIpc) is 2.22. The maximum absolute atomic E-state index is 5.49. The van der Waals surface area contributed by atoms with Crippen molar-refractivity contribution in [3.63, 3.8) is 0 Å². The summed E-state index contributed by atoms with van der Waals surface area (Å²) in [5.74, 6) is 0. The first-order valence-electron chi connectivity index (χ1n) is 5.96. The molecule has 0 saturated carbocycles. The molecule has 0 radical (unpaired) electrons. The number of nitrogens with two attached hydrogens (primary N) is 1. The number of rotatable bonds is 5. The summed E-state index contributed by atoms with van der Waals surface area (Å²) in [4.78, 5) is 0. The fourth-order valence-electron chi connectivity index (χ4n) is 2.06. The zero-order chi connectivity index (χ0) is 12.2. The van der Waals surface area contributed by atoms with Crippen molar-refractivity contribution in [1.82, 2.24) is 5.32 Å². The lowest BCUT2D eigenvalue weighted by molar-refractivity contribution is 0.471. The number of benzene rings is 1. The van der Waals surface area contributed by atoms with Crippen LogP contribution in [0.5, 0.6) is 0 Å². The summed E-state index contributed by atoms with van der Waals surface area (Å²) in [5.41, 5.74) is 9.77. The van der Waals surface area contributed by atoms with Gasteiger partial charge in [0.05, 0.1) is 0 Å². The standard InChI is InChI=1S/C14H24N2/c1-11-5-6-12(2)13(9-11)14(3,4)10-16-8-7-15/h5-6,9,16H,7-8,10,15H2,1-4H3. The van der Waals surface area contributed by atoms with Gasteiger partial charge in [0.2, 0.25) is 0 Å². The molecule has 0 amide bonds. The maximum Gasteiger partial charge on any atom is 0.00748 e. The van der Waals surface area contributed by atoms with Crippen molar-refractivity contribution < 1.29 is 0 Å². The van der Waals surface area contributed by atoms with Gasteiger partial charge in [-0.3, -0.25) is 0 Å². The van der Waals surface area contributed by atoms with Crippen LogP contribution in [0.25, 0.3) is 0 Å². The number of nitrogens with one attached hydrogen (secondary N) is 1. The Labute approximate surface area is 99.2 Å². The van der Waals surface area contributed by atoms with Crippen molar-refractivity contribution in [2.45, 2.75) is 33.1 Å². The summed E-state index contributed by atoms with van der Waals surface area (Å²) in [6.45, 7) is 11.4. The van der Waals surface area contributed by atoms with Crippen LogP contribution in [0, 0.1) is 13.8 Å². The SMILES string of the molecule is Cc1ccc(C)c(C(C)(C)CNCCN)c1. The molecule has 0 aromatic heterocycles. The predicted molar refractivity (Wildman–Crippen MR) is 70.9 cm³/mol. The molecule has 1 aromatic carbocycles. The van der Waals surface area contributed by atoms with Crippen molar-refractivity contribution >= 4 is 0 Å². The highest BCUT2D eigenvalue weighted by atomic mass is 14.9. The third kappa shape index (κ3) is 3.32. The number of hydrogen-bond acceptors (Lipinski definition) is 2. The maximum atomic E-state index is 5.49. The Bertz CT molecular complexity index is 343. The normalized spacial score (nSPS) is 11.8. The van der Waals surface area contributed by atoms with Gasteiger partial charge in [0.1, 0.15) is 0 Å². The van der Waals surface area contributed by atoms with E-state index in [2.05, 4.69) is 51.2 Å². The van der Waals surface area contributed by atoms with Crippen molar-refractivity contribution in [2.24, 2.45) is 5.73 Å². The summed E-state index contributed by atoms with van der Waals surface area (Å²) < 4.78 is 0. The molecule has 16 heavy (non-hydrogen) atoms. The van der Waals surface area contributed by atoms with Gasteiger partial charge in [-0.15, -0.1) is 0 Å². The Morgan fingerprint density at radius 1 is 1.25 bits per heavy atom. The second-order valence-corrected chi connectivity index (χ2v) is 5.17. The van der Waals surface area contributed by atoms with Crippen molar-refractivity contribution in [2.75, 3.05) is 19.6 Å². The molecule has 0 spiro atoms. The molecular weight excluding hydrogens is 196 g/mol. The van der Waals surface area contributed by atoms with E-state index in [0.717, 1.165) is 13.1 Å². The first-order chi connectivity index (χ1) is 7.47. The molecule has 0 atom stereocenters. The van der Waals surface area contributed by atoms with Gasteiger partial charge in [0.25, 0.3) is 0 Å². The molecule has 1 rings (SSSR count). The molecule has 0 unspecified atom stereocenters. The van der Waals surface area contributed by atoms with Crippen molar-refractivity contribution in [3.8, 4) is 0 Å². The summed E-state index contributed by atoms with van der Waals surface area (Å²) in [6.07, 6.45) is 0. The lowest BCUT2D eigenvalue weighted by Gasteiger charge is -2.28. The molecular formula is C14H24N2. The third-order valence-electron chi connectivity index (χ3n) is 3.01. The van der Waals surface area contributed by atoms with Crippen LogP contribution in [0.4, 0.5) is 0 Å². The Hall–Kier alpha value is -0.860. The molecule has 0 aliphatic heterocycles. The summed E-state index contributed by atoms with van der Waals surface area (Å²) >= 11 is 0. The van der Waals surface area contributed by atoms with Crippen LogP contribution >= 0.6 is 0 Å². The van der Waals surface area contributed by atoms with Gasteiger partial charge in [0.15, 0.2) is 0 Å². The monoisotopic (exact) mass is 220 g/mol. The molecule has 2 heteroatoms. The topological polar surface area (TPSA) is 38.0 Å². The van der Waals surface area contributed by atoms with E-state index in [1.807, 2.05) is 0 Å². The quantitative estimate of drug-likeness (QED) is 0.746. The largest absolute Gasteiger partial charge is 0.329 e. The number of aryl methyl sites for hydroxylation is 2.